The third-order valence-corrected chi connectivity index (χ3v) is 2.39. The maximum Gasteiger partial charge on any atom is 0.337 e. The van der Waals surface area contributed by atoms with E-state index in [0.29, 0.717) is 5.56 Å². The van der Waals surface area contributed by atoms with E-state index >= 15 is 0 Å². The third kappa shape index (κ3) is 3.30. The van der Waals surface area contributed by atoms with Crippen molar-refractivity contribution in [3.05, 3.63) is 34.9 Å². The summed E-state index contributed by atoms with van der Waals surface area (Å²) in [5.74, 6) is -2.43. The van der Waals surface area contributed by atoms with Gasteiger partial charge in [-0.25, -0.2) is 4.79 Å². The maximum atomic E-state index is 10.7. The molecule has 0 bridgehead atoms. The van der Waals surface area contributed by atoms with Crippen LogP contribution in [0.1, 0.15) is 29.2 Å². The van der Waals surface area contributed by atoms with Gasteiger partial charge >= 0.3 is 11.9 Å². The zero-order valence-corrected chi connectivity index (χ0v) is 9.33. The molecule has 0 heterocycles. The molecular formula is C12H11NO5. The lowest BCUT2D eigenvalue weighted by Crippen LogP contribution is -2.12. The Morgan fingerprint density at radius 2 is 2.00 bits per heavy atom. The Kier molecular flexibility index (Phi) is 4.40. The van der Waals surface area contributed by atoms with Crippen LogP contribution < -0.4 is 0 Å². The van der Waals surface area contributed by atoms with Gasteiger partial charge in [-0.05, 0) is 18.1 Å². The number of hydrogen-bond acceptors (Lipinski definition) is 4. The number of benzene rings is 1. The Bertz CT molecular complexity index is 518. The van der Waals surface area contributed by atoms with E-state index in [0.717, 1.165) is 0 Å². The van der Waals surface area contributed by atoms with E-state index in [1.165, 1.54) is 12.1 Å². The van der Waals surface area contributed by atoms with Gasteiger partial charge in [0.05, 0.1) is 11.6 Å². The molecule has 0 fully saturated rings. The smallest absolute Gasteiger partial charge is 0.337 e. The molecule has 0 aliphatic rings. The number of aliphatic hydroxyl groups is 1. The first kappa shape index (κ1) is 13.7. The highest BCUT2D eigenvalue weighted by molar-refractivity contribution is 5.75. The van der Waals surface area contributed by atoms with Crippen LogP contribution in [0.4, 0.5) is 0 Å². The van der Waals surface area contributed by atoms with Crippen LogP contribution in [-0.4, -0.2) is 27.3 Å². The predicted octanol–water partition coefficient (Wildman–Crippen LogP) is 0.693. The number of carboxylic acid groups (broad SMARTS) is 2. The number of carbonyl (C=O) groups is 2. The molecule has 0 amide bonds. The Morgan fingerprint density at radius 1 is 1.33 bits per heavy atom. The van der Waals surface area contributed by atoms with Crippen LogP contribution in [0.2, 0.25) is 0 Å². The standard InChI is InChI=1S/C12H11NO5/c13-6-8-3-1-7(2-4-10(14)15)5-9(8)11(16)12(17)18/h1,3,5,11,16H,2,4H2,(H,14,15)(H,17,18). The Hall–Kier alpha value is -2.39. The van der Waals surface area contributed by atoms with Gasteiger partial charge < -0.3 is 15.3 Å². The SMILES string of the molecule is N#Cc1ccc(CCC(=O)O)cc1C(O)C(=O)O. The number of rotatable bonds is 5. The lowest BCUT2D eigenvalue weighted by molar-refractivity contribution is -0.147. The van der Waals surface area contributed by atoms with Crippen LogP contribution in [0.3, 0.4) is 0 Å². The van der Waals surface area contributed by atoms with Gasteiger partial charge in [0.1, 0.15) is 0 Å². The molecule has 0 radical (unpaired) electrons. The molecule has 1 aromatic carbocycles. The zero-order chi connectivity index (χ0) is 13.7. The number of nitriles is 1. The summed E-state index contributed by atoms with van der Waals surface area (Å²) in [7, 11) is 0. The topological polar surface area (TPSA) is 119 Å². The summed E-state index contributed by atoms with van der Waals surface area (Å²) < 4.78 is 0. The number of aliphatic carboxylic acids is 2. The summed E-state index contributed by atoms with van der Waals surface area (Å²) in [5.41, 5.74) is 0.601. The zero-order valence-electron chi connectivity index (χ0n) is 9.33. The minimum absolute atomic E-state index is 0.0205. The molecule has 0 aliphatic heterocycles. The molecule has 1 atom stereocenters. The van der Waals surface area contributed by atoms with Crippen molar-refractivity contribution in [1.29, 1.82) is 5.26 Å². The molecule has 3 N–H and O–H groups in total. The fourth-order valence-electron chi connectivity index (χ4n) is 1.48. The van der Waals surface area contributed by atoms with E-state index in [1.807, 2.05) is 0 Å². The molecule has 1 unspecified atom stereocenters. The van der Waals surface area contributed by atoms with Crippen molar-refractivity contribution < 1.29 is 24.9 Å². The number of aliphatic hydroxyl groups excluding tert-OH is 1. The quantitative estimate of drug-likeness (QED) is 0.706. The van der Waals surface area contributed by atoms with E-state index in [4.69, 9.17) is 15.5 Å². The first-order valence-electron chi connectivity index (χ1n) is 5.11. The van der Waals surface area contributed by atoms with Gasteiger partial charge in [0, 0.05) is 12.0 Å². The van der Waals surface area contributed by atoms with Crippen LogP contribution in [0.15, 0.2) is 18.2 Å². The average Bonchev–Trinajstić information content (AvgIpc) is 2.34. The van der Waals surface area contributed by atoms with Crippen LogP contribution in [0.25, 0.3) is 0 Å². The summed E-state index contributed by atoms with van der Waals surface area (Å²) in [6, 6.07) is 6.05. The summed E-state index contributed by atoms with van der Waals surface area (Å²) in [6.07, 6.45) is -1.68. The highest BCUT2D eigenvalue weighted by atomic mass is 16.4. The highest BCUT2D eigenvalue weighted by Crippen LogP contribution is 2.20. The van der Waals surface area contributed by atoms with E-state index < -0.39 is 18.0 Å². The summed E-state index contributed by atoms with van der Waals surface area (Å²) >= 11 is 0. The average molecular weight is 249 g/mol. The molecule has 1 aromatic rings. The normalized spacial score (nSPS) is 11.6. The largest absolute Gasteiger partial charge is 0.481 e. The number of nitrogens with zero attached hydrogens (tertiary/aromatic N) is 1. The Balaban J connectivity index is 3.06. The molecule has 0 saturated heterocycles. The Morgan fingerprint density at radius 3 is 2.50 bits per heavy atom. The fraction of sp³-hybridized carbons (Fsp3) is 0.250. The van der Waals surface area contributed by atoms with Gasteiger partial charge in [0.25, 0.3) is 0 Å². The van der Waals surface area contributed by atoms with Crippen LogP contribution in [0, 0.1) is 11.3 Å². The maximum absolute atomic E-state index is 10.7. The second kappa shape index (κ2) is 5.80. The van der Waals surface area contributed by atoms with Crippen molar-refractivity contribution in [2.24, 2.45) is 0 Å². The van der Waals surface area contributed by atoms with Crippen molar-refractivity contribution in [2.45, 2.75) is 18.9 Å². The van der Waals surface area contributed by atoms with Crippen molar-refractivity contribution in [1.82, 2.24) is 0 Å². The molecule has 0 aromatic heterocycles. The van der Waals surface area contributed by atoms with Gasteiger partial charge in [-0.3, -0.25) is 4.79 Å². The molecule has 0 aliphatic carbocycles. The second-order valence-corrected chi connectivity index (χ2v) is 3.67. The number of hydrogen-bond donors (Lipinski definition) is 3. The van der Waals surface area contributed by atoms with Crippen LogP contribution in [-0.2, 0) is 16.0 Å². The summed E-state index contributed by atoms with van der Waals surface area (Å²) in [5, 5.41) is 35.5. The van der Waals surface area contributed by atoms with E-state index in [9.17, 15) is 14.7 Å². The van der Waals surface area contributed by atoms with Crippen LogP contribution >= 0.6 is 0 Å². The van der Waals surface area contributed by atoms with E-state index in [2.05, 4.69) is 0 Å². The molecule has 6 nitrogen and oxygen atoms in total. The minimum atomic E-state index is -1.79. The highest BCUT2D eigenvalue weighted by Gasteiger charge is 2.20. The van der Waals surface area contributed by atoms with Gasteiger partial charge in [-0.1, -0.05) is 12.1 Å². The summed E-state index contributed by atoms with van der Waals surface area (Å²) in [6.45, 7) is 0. The monoisotopic (exact) mass is 249 g/mol. The third-order valence-electron chi connectivity index (χ3n) is 2.39. The van der Waals surface area contributed by atoms with Gasteiger partial charge in [-0.15, -0.1) is 0 Å². The summed E-state index contributed by atoms with van der Waals surface area (Å²) in [4.78, 5) is 21.1. The van der Waals surface area contributed by atoms with Crippen molar-refractivity contribution in [3.8, 4) is 6.07 Å². The van der Waals surface area contributed by atoms with Gasteiger partial charge in [0.15, 0.2) is 6.10 Å². The molecule has 0 spiro atoms. The Labute approximate surface area is 103 Å². The predicted molar refractivity (Wildman–Crippen MR) is 59.7 cm³/mol. The first-order chi connectivity index (χ1) is 8.45. The minimum Gasteiger partial charge on any atom is -0.481 e. The number of aryl methyl sites for hydroxylation is 1. The van der Waals surface area contributed by atoms with Gasteiger partial charge in [-0.2, -0.15) is 5.26 Å². The first-order valence-corrected chi connectivity index (χ1v) is 5.11. The lowest BCUT2D eigenvalue weighted by atomic mass is 9.98. The fourth-order valence-corrected chi connectivity index (χ4v) is 1.48. The lowest BCUT2D eigenvalue weighted by Gasteiger charge is -2.10. The second-order valence-electron chi connectivity index (χ2n) is 3.67. The van der Waals surface area contributed by atoms with Crippen molar-refractivity contribution in [3.63, 3.8) is 0 Å². The van der Waals surface area contributed by atoms with Crippen LogP contribution in [0.5, 0.6) is 0 Å². The molecule has 0 saturated carbocycles. The van der Waals surface area contributed by atoms with E-state index in [-0.39, 0.29) is 24.0 Å². The molecule has 18 heavy (non-hydrogen) atoms. The molecule has 94 valence electrons. The van der Waals surface area contributed by atoms with E-state index in [1.54, 1.807) is 12.1 Å². The molecule has 6 heteroatoms. The van der Waals surface area contributed by atoms with Crippen molar-refractivity contribution in [2.75, 3.05) is 0 Å². The number of carboxylic acids is 2. The molecular weight excluding hydrogens is 238 g/mol. The van der Waals surface area contributed by atoms with Gasteiger partial charge in [0.2, 0.25) is 0 Å². The molecule has 1 rings (SSSR count). The van der Waals surface area contributed by atoms with Crippen molar-refractivity contribution >= 4 is 11.9 Å².